The molecule has 25 heavy (non-hydrogen) atoms. The Morgan fingerprint density at radius 1 is 1.36 bits per heavy atom. The van der Waals surface area contributed by atoms with Gasteiger partial charge in [-0.15, -0.1) is 11.3 Å². The van der Waals surface area contributed by atoms with E-state index in [1.165, 1.54) is 22.4 Å². The van der Waals surface area contributed by atoms with E-state index in [-0.39, 0.29) is 5.91 Å². The number of nitriles is 1. The first kappa shape index (κ1) is 15.9. The highest BCUT2D eigenvalue weighted by atomic mass is 35.5. The van der Waals surface area contributed by atoms with Gasteiger partial charge >= 0.3 is 0 Å². The van der Waals surface area contributed by atoms with Crippen molar-refractivity contribution in [3.05, 3.63) is 63.2 Å². The summed E-state index contributed by atoms with van der Waals surface area (Å²) in [6.45, 7) is 0. The maximum atomic E-state index is 12.5. The minimum atomic E-state index is -0.283. The molecule has 0 aliphatic heterocycles. The van der Waals surface area contributed by atoms with E-state index in [4.69, 9.17) is 11.6 Å². The highest BCUT2D eigenvalue weighted by Gasteiger charge is 2.23. The van der Waals surface area contributed by atoms with Crippen LogP contribution in [0.2, 0.25) is 5.02 Å². The SMILES string of the molecule is N#Cc1c(NC(=O)c2cnn(-c3ccccc3Cl)c2)sc2c1CCC2. The van der Waals surface area contributed by atoms with Gasteiger partial charge in [0.05, 0.1) is 28.0 Å². The van der Waals surface area contributed by atoms with Gasteiger partial charge in [-0.3, -0.25) is 4.79 Å². The van der Waals surface area contributed by atoms with Crippen molar-refractivity contribution < 1.29 is 4.79 Å². The molecule has 1 amide bonds. The van der Waals surface area contributed by atoms with E-state index in [9.17, 15) is 10.1 Å². The van der Waals surface area contributed by atoms with Crippen LogP contribution in [0.4, 0.5) is 5.00 Å². The molecule has 1 aliphatic rings. The van der Waals surface area contributed by atoms with Crippen LogP contribution in [0.3, 0.4) is 0 Å². The van der Waals surface area contributed by atoms with Crippen LogP contribution in [0.25, 0.3) is 5.69 Å². The van der Waals surface area contributed by atoms with Gasteiger partial charge < -0.3 is 5.32 Å². The van der Waals surface area contributed by atoms with Gasteiger partial charge in [-0.05, 0) is 37.0 Å². The highest BCUT2D eigenvalue weighted by Crippen LogP contribution is 2.38. The van der Waals surface area contributed by atoms with Gasteiger partial charge in [-0.2, -0.15) is 10.4 Å². The van der Waals surface area contributed by atoms with E-state index in [2.05, 4.69) is 16.5 Å². The third-order valence-electron chi connectivity index (χ3n) is 4.20. The lowest BCUT2D eigenvalue weighted by atomic mass is 10.1. The molecule has 7 heteroatoms. The summed E-state index contributed by atoms with van der Waals surface area (Å²) in [4.78, 5) is 13.7. The van der Waals surface area contributed by atoms with Crippen molar-refractivity contribution in [1.82, 2.24) is 9.78 Å². The summed E-state index contributed by atoms with van der Waals surface area (Å²) in [6.07, 6.45) is 6.09. The predicted octanol–water partition coefficient (Wildman–Crippen LogP) is 4.20. The summed E-state index contributed by atoms with van der Waals surface area (Å²) in [5.41, 5.74) is 2.81. The zero-order chi connectivity index (χ0) is 17.4. The Morgan fingerprint density at radius 2 is 2.20 bits per heavy atom. The van der Waals surface area contributed by atoms with Crippen molar-refractivity contribution in [2.75, 3.05) is 5.32 Å². The summed E-state index contributed by atoms with van der Waals surface area (Å²) in [7, 11) is 0. The molecule has 2 heterocycles. The summed E-state index contributed by atoms with van der Waals surface area (Å²) in [5, 5.41) is 17.7. The van der Waals surface area contributed by atoms with E-state index in [1.807, 2.05) is 18.2 Å². The smallest absolute Gasteiger partial charge is 0.259 e. The number of aromatic nitrogens is 2. The Bertz CT molecular complexity index is 1010. The zero-order valence-corrected chi connectivity index (χ0v) is 14.7. The molecule has 0 unspecified atom stereocenters. The van der Waals surface area contributed by atoms with Gasteiger partial charge in [0.15, 0.2) is 0 Å². The van der Waals surface area contributed by atoms with Crippen LogP contribution < -0.4 is 5.32 Å². The van der Waals surface area contributed by atoms with Gasteiger partial charge in [0, 0.05) is 11.1 Å². The number of para-hydroxylation sites is 1. The minimum absolute atomic E-state index is 0.283. The minimum Gasteiger partial charge on any atom is -0.312 e. The van der Waals surface area contributed by atoms with E-state index in [1.54, 1.807) is 16.9 Å². The number of rotatable bonds is 3. The molecular formula is C18H13ClN4OS. The molecule has 0 bridgehead atoms. The number of nitrogens with one attached hydrogen (secondary N) is 1. The number of nitrogens with zero attached hydrogens (tertiary/aromatic N) is 3. The molecule has 0 spiro atoms. The normalized spacial score (nSPS) is 12.6. The molecule has 5 nitrogen and oxygen atoms in total. The monoisotopic (exact) mass is 368 g/mol. The number of amides is 1. The number of halogens is 1. The number of hydrogen-bond donors (Lipinski definition) is 1. The number of thiophene rings is 1. The average molecular weight is 369 g/mol. The molecule has 1 N–H and O–H groups in total. The maximum Gasteiger partial charge on any atom is 0.259 e. The lowest BCUT2D eigenvalue weighted by Crippen LogP contribution is -2.11. The van der Waals surface area contributed by atoms with Crippen molar-refractivity contribution in [3.63, 3.8) is 0 Å². The number of carbonyl (C=O) groups is 1. The second kappa shape index (κ2) is 6.36. The molecule has 0 saturated heterocycles. The number of benzene rings is 1. The molecule has 3 aromatic rings. The number of fused-ring (bicyclic) bond motifs is 1. The van der Waals surface area contributed by atoms with E-state index >= 15 is 0 Å². The molecule has 124 valence electrons. The van der Waals surface area contributed by atoms with Crippen molar-refractivity contribution >= 4 is 33.8 Å². The molecule has 4 rings (SSSR count). The average Bonchev–Trinajstić information content (AvgIpc) is 3.30. The Kier molecular flexibility index (Phi) is 4.04. The highest BCUT2D eigenvalue weighted by molar-refractivity contribution is 7.16. The fraction of sp³-hybridized carbons (Fsp3) is 0.167. The Labute approximate surface area is 153 Å². The number of anilines is 1. The fourth-order valence-corrected chi connectivity index (χ4v) is 4.45. The quantitative estimate of drug-likeness (QED) is 0.753. The van der Waals surface area contributed by atoms with Crippen LogP contribution >= 0.6 is 22.9 Å². The van der Waals surface area contributed by atoms with Crippen LogP contribution in [0, 0.1) is 11.3 Å². The molecular weight excluding hydrogens is 356 g/mol. The second-order valence-electron chi connectivity index (χ2n) is 5.75. The predicted molar refractivity (Wildman–Crippen MR) is 97.6 cm³/mol. The molecule has 0 saturated carbocycles. The van der Waals surface area contributed by atoms with Gasteiger partial charge in [-0.25, -0.2) is 4.68 Å². The van der Waals surface area contributed by atoms with E-state index < -0.39 is 0 Å². The number of carbonyl (C=O) groups excluding carboxylic acids is 1. The fourth-order valence-electron chi connectivity index (χ4n) is 3.00. The zero-order valence-electron chi connectivity index (χ0n) is 13.1. The Balaban J connectivity index is 1.59. The summed E-state index contributed by atoms with van der Waals surface area (Å²) < 4.78 is 1.57. The Hall–Kier alpha value is -2.62. The van der Waals surface area contributed by atoms with Crippen molar-refractivity contribution in [3.8, 4) is 11.8 Å². The first-order chi connectivity index (χ1) is 12.2. The second-order valence-corrected chi connectivity index (χ2v) is 7.26. The van der Waals surface area contributed by atoms with Gasteiger partial charge in [0.2, 0.25) is 0 Å². The van der Waals surface area contributed by atoms with Gasteiger partial charge in [0.1, 0.15) is 11.1 Å². The summed E-state index contributed by atoms with van der Waals surface area (Å²) >= 11 is 7.66. The number of hydrogen-bond acceptors (Lipinski definition) is 4. The standard InChI is InChI=1S/C18H13ClN4OS/c19-14-5-1-2-6-15(14)23-10-11(9-21-23)17(24)22-18-13(8-20)12-4-3-7-16(12)25-18/h1-2,5-6,9-10H,3-4,7H2,(H,22,24). The lowest BCUT2D eigenvalue weighted by molar-refractivity contribution is 0.102. The van der Waals surface area contributed by atoms with Crippen LogP contribution in [0.15, 0.2) is 36.7 Å². The van der Waals surface area contributed by atoms with E-state index in [0.29, 0.717) is 26.8 Å². The first-order valence-electron chi connectivity index (χ1n) is 7.83. The van der Waals surface area contributed by atoms with Crippen LogP contribution in [-0.4, -0.2) is 15.7 Å². The summed E-state index contributed by atoms with van der Waals surface area (Å²) in [6, 6.07) is 9.52. The van der Waals surface area contributed by atoms with Crippen molar-refractivity contribution in [2.45, 2.75) is 19.3 Å². The van der Waals surface area contributed by atoms with Crippen LogP contribution in [0.1, 0.15) is 32.8 Å². The lowest BCUT2D eigenvalue weighted by Gasteiger charge is -2.03. The van der Waals surface area contributed by atoms with Crippen LogP contribution in [-0.2, 0) is 12.8 Å². The van der Waals surface area contributed by atoms with E-state index in [0.717, 1.165) is 24.8 Å². The molecule has 0 atom stereocenters. The Morgan fingerprint density at radius 3 is 3.00 bits per heavy atom. The molecule has 1 aromatic carbocycles. The first-order valence-corrected chi connectivity index (χ1v) is 9.02. The third kappa shape index (κ3) is 2.82. The largest absolute Gasteiger partial charge is 0.312 e. The molecule has 1 aliphatic carbocycles. The van der Waals surface area contributed by atoms with Crippen molar-refractivity contribution in [1.29, 1.82) is 5.26 Å². The molecule has 2 aromatic heterocycles. The maximum absolute atomic E-state index is 12.5. The summed E-state index contributed by atoms with van der Waals surface area (Å²) in [5.74, 6) is -0.283. The third-order valence-corrected chi connectivity index (χ3v) is 5.73. The van der Waals surface area contributed by atoms with Gasteiger partial charge in [0.25, 0.3) is 5.91 Å². The van der Waals surface area contributed by atoms with Gasteiger partial charge in [-0.1, -0.05) is 23.7 Å². The van der Waals surface area contributed by atoms with Crippen molar-refractivity contribution in [2.24, 2.45) is 0 Å². The van der Waals surface area contributed by atoms with Crippen LogP contribution in [0.5, 0.6) is 0 Å². The molecule has 0 radical (unpaired) electrons. The number of aryl methyl sites for hydroxylation is 1. The molecule has 0 fully saturated rings. The topological polar surface area (TPSA) is 70.7 Å².